The van der Waals surface area contributed by atoms with Crippen molar-refractivity contribution in [3.8, 4) is 5.95 Å². The van der Waals surface area contributed by atoms with E-state index in [1.54, 1.807) is 17.8 Å². The first-order chi connectivity index (χ1) is 10.7. The van der Waals surface area contributed by atoms with Crippen LogP contribution in [0.5, 0.6) is 0 Å². The van der Waals surface area contributed by atoms with Gasteiger partial charge in [-0.3, -0.25) is 0 Å². The predicted octanol–water partition coefficient (Wildman–Crippen LogP) is 2.36. The molecule has 0 amide bonds. The monoisotopic (exact) mass is 303 g/mol. The normalized spacial score (nSPS) is 10.5. The van der Waals surface area contributed by atoms with Crippen LogP contribution in [0.3, 0.4) is 0 Å². The Morgan fingerprint density at radius 1 is 1.36 bits per heavy atom. The van der Waals surface area contributed by atoms with E-state index in [9.17, 15) is 4.79 Å². The van der Waals surface area contributed by atoms with Crippen molar-refractivity contribution in [3.63, 3.8) is 0 Å². The van der Waals surface area contributed by atoms with Crippen molar-refractivity contribution in [1.29, 1.82) is 0 Å². The Kier molecular flexibility index (Phi) is 5.46. The maximum absolute atomic E-state index is 12.0. The summed E-state index contributed by atoms with van der Waals surface area (Å²) in [7, 11) is 0. The summed E-state index contributed by atoms with van der Waals surface area (Å²) in [6.07, 6.45) is 7.08. The fourth-order valence-electron chi connectivity index (χ4n) is 1.88. The van der Waals surface area contributed by atoms with E-state index < -0.39 is 5.97 Å². The molecule has 0 atom stereocenters. The van der Waals surface area contributed by atoms with Gasteiger partial charge in [0.05, 0.1) is 12.8 Å². The Balaban J connectivity index is 2.31. The zero-order valence-corrected chi connectivity index (χ0v) is 13.2. The smallest absolute Gasteiger partial charge is 0.343 e. The summed E-state index contributed by atoms with van der Waals surface area (Å²) in [5, 5.41) is 7.36. The van der Waals surface area contributed by atoms with E-state index in [1.807, 2.05) is 13.1 Å². The molecule has 2 rings (SSSR count). The van der Waals surface area contributed by atoms with Gasteiger partial charge < -0.3 is 10.1 Å². The maximum atomic E-state index is 12.0. The molecule has 0 bridgehead atoms. The Labute approximate surface area is 129 Å². The average Bonchev–Trinajstić information content (AvgIpc) is 2.94. The third kappa shape index (κ3) is 3.81. The van der Waals surface area contributed by atoms with Gasteiger partial charge in [0.15, 0.2) is 0 Å². The number of nitrogens with zero attached hydrogens (tertiary/aromatic N) is 4. The molecular formula is C15H21N5O2. The number of aromatic nitrogens is 4. The number of nitrogens with one attached hydrogen (secondary N) is 1. The summed E-state index contributed by atoms with van der Waals surface area (Å²) in [4.78, 5) is 20.6. The Bertz CT molecular complexity index is 639. The summed E-state index contributed by atoms with van der Waals surface area (Å²) in [6, 6.07) is 0. The minimum atomic E-state index is -0.426. The van der Waals surface area contributed by atoms with Crippen LogP contribution >= 0.6 is 0 Å². The van der Waals surface area contributed by atoms with Crippen LogP contribution in [-0.2, 0) is 4.74 Å². The van der Waals surface area contributed by atoms with Crippen molar-refractivity contribution in [1.82, 2.24) is 19.7 Å². The van der Waals surface area contributed by atoms with E-state index in [4.69, 9.17) is 4.74 Å². The Morgan fingerprint density at radius 2 is 2.18 bits per heavy atom. The van der Waals surface area contributed by atoms with Crippen molar-refractivity contribution in [3.05, 3.63) is 29.7 Å². The third-order valence-electron chi connectivity index (χ3n) is 3.01. The fourth-order valence-corrected chi connectivity index (χ4v) is 1.88. The SMILES string of the molecule is CCCCNc1nc(-n2cc(C)cn2)ncc1C(=O)OCC. The molecule has 118 valence electrons. The summed E-state index contributed by atoms with van der Waals surface area (Å²) in [5.74, 6) is 0.467. The first-order valence-electron chi connectivity index (χ1n) is 7.45. The molecule has 0 spiro atoms. The standard InChI is InChI=1S/C15H21N5O2/c1-4-6-7-16-13-12(14(21)22-5-2)9-17-15(19-13)20-10-11(3)8-18-20/h8-10H,4-7H2,1-3H3,(H,16,17,19). The summed E-state index contributed by atoms with van der Waals surface area (Å²) in [5.41, 5.74) is 1.35. The molecule has 0 aromatic carbocycles. The molecule has 1 N–H and O–H groups in total. The van der Waals surface area contributed by atoms with Gasteiger partial charge in [-0.2, -0.15) is 10.1 Å². The van der Waals surface area contributed by atoms with Gasteiger partial charge in [0, 0.05) is 18.9 Å². The highest BCUT2D eigenvalue weighted by Crippen LogP contribution is 2.15. The van der Waals surface area contributed by atoms with Crippen LogP contribution in [0.2, 0.25) is 0 Å². The lowest BCUT2D eigenvalue weighted by Crippen LogP contribution is -2.15. The van der Waals surface area contributed by atoms with Gasteiger partial charge in [-0.05, 0) is 25.8 Å². The maximum Gasteiger partial charge on any atom is 0.343 e. The van der Waals surface area contributed by atoms with Gasteiger partial charge in [-0.15, -0.1) is 0 Å². The van der Waals surface area contributed by atoms with Gasteiger partial charge in [-0.1, -0.05) is 13.3 Å². The molecule has 0 unspecified atom stereocenters. The van der Waals surface area contributed by atoms with E-state index in [0.29, 0.717) is 23.9 Å². The van der Waals surface area contributed by atoms with Crippen LogP contribution in [0, 0.1) is 6.92 Å². The molecule has 2 heterocycles. The average molecular weight is 303 g/mol. The van der Waals surface area contributed by atoms with Gasteiger partial charge in [0.25, 0.3) is 5.95 Å². The Morgan fingerprint density at radius 3 is 2.82 bits per heavy atom. The second kappa shape index (κ2) is 7.53. The molecule has 0 saturated heterocycles. The van der Waals surface area contributed by atoms with Crippen molar-refractivity contribution >= 4 is 11.8 Å². The molecule has 0 saturated carbocycles. The number of rotatable bonds is 7. The van der Waals surface area contributed by atoms with Crippen molar-refractivity contribution < 1.29 is 9.53 Å². The quantitative estimate of drug-likeness (QED) is 0.624. The van der Waals surface area contributed by atoms with Crippen LogP contribution in [0.4, 0.5) is 5.82 Å². The molecular weight excluding hydrogens is 282 g/mol. The van der Waals surface area contributed by atoms with Gasteiger partial charge in [0.2, 0.25) is 0 Å². The van der Waals surface area contributed by atoms with Gasteiger partial charge in [-0.25, -0.2) is 14.5 Å². The lowest BCUT2D eigenvalue weighted by Gasteiger charge is -2.11. The van der Waals surface area contributed by atoms with Crippen LogP contribution in [0.15, 0.2) is 18.6 Å². The van der Waals surface area contributed by atoms with E-state index in [1.165, 1.54) is 6.20 Å². The minimum absolute atomic E-state index is 0.313. The number of carbonyl (C=O) groups excluding carboxylic acids is 1. The zero-order valence-electron chi connectivity index (χ0n) is 13.2. The minimum Gasteiger partial charge on any atom is -0.462 e. The number of esters is 1. The van der Waals surface area contributed by atoms with Crippen molar-refractivity contribution in [2.24, 2.45) is 0 Å². The summed E-state index contributed by atoms with van der Waals surface area (Å²) < 4.78 is 6.62. The molecule has 0 radical (unpaired) electrons. The van der Waals surface area contributed by atoms with E-state index in [0.717, 1.165) is 24.9 Å². The number of anilines is 1. The number of carbonyl (C=O) groups is 1. The number of hydrogen-bond acceptors (Lipinski definition) is 6. The number of hydrogen-bond donors (Lipinski definition) is 1. The molecule has 2 aromatic rings. The first-order valence-corrected chi connectivity index (χ1v) is 7.45. The van der Waals surface area contributed by atoms with Gasteiger partial charge in [0.1, 0.15) is 11.4 Å². The van der Waals surface area contributed by atoms with E-state index >= 15 is 0 Å². The van der Waals surface area contributed by atoms with Gasteiger partial charge >= 0.3 is 5.97 Å². The van der Waals surface area contributed by atoms with Crippen molar-refractivity contribution in [2.75, 3.05) is 18.5 Å². The fraction of sp³-hybridized carbons (Fsp3) is 0.467. The van der Waals surface area contributed by atoms with Crippen LogP contribution < -0.4 is 5.32 Å². The van der Waals surface area contributed by atoms with Crippen LogP contribution in [-0.4, -0.2) is 38.9 Å². The number of ether oxygens (including phenoxy) is 1. The second-order valence-electron chi connectivity index (χ2n) is 4.90. The van der Waals surface area contributed by atoms with Crippen molar-refractivity contribution in [2.45, 2.75) is 33.6 Å². The highest BCUT2D eigenvalue weighted by Gasteiger charge is 2.16. The molecule has 0 aliphatic rings. The molecule has 0 fully saturated rings. The molecule has 2 aromatic heterocycles. The molecule has 22 heavy (non-hydrogen) atoms. The lowest BCUT2D eigenvalue weighted by molar-refractivity contribution is 0.0526. The van der Waals surface area contributed by atoms with Crippen LogP contribution in [0.25, 0.3) is 5.95 Å². The number of aryl methyl sites for hydroxylation is 1. The highest BCUT2D eigenvalue weighted by atomic mass is 16.5. The predicted molar refractivity (Wildman–Crippen MR) is 83.2 cm³/mol. The second-order valence-corrected chi connectivity index (χ2v) is 4.90. The number of unbranched alkanes of at least 4 members (excludes halogenated alkanes) is 1. The Hall–Kier alpha value is -2.44. The van der Waals surface area contributed by atoms with Crippen LogP contribution in [0.1, 0.15) is 42.6 Å². The highest BCUT2D eigenvalue weighted by molar-refractivity contribution is 5.94. The first kappa shape index (κ1) is 15.9. The van der Waals surface area contributed by atoms with E-state index in [-0.39, 0.29) is 0 Å². The summed E-state index contributed by atoms with van der Waals surface area (Å²) >= 11 is 0. The topological polar surface area (TPSA) is 81.9 Å². The molecule has 0 aliphatic carbocycles. The molecule has 7 nitrogen and oxygen atoms in total. The summed E-state index contributed by atoms with van der Waals surface area (Å²) in [6.45, 7) is 6.86. The lowest BCUT2D eigenvalue weighted by atomic mass is 10.3. The zero-order chi connectivity index (χ0) is 15.9. The molecule has 0 aliphatic heterocycles. The molecule has 7 heteroatoms. The third-order valence-corrected chi connectivity index (χ3v) is 3.01. The van der Waals surface area contributed by atoms with E-state index in [2.05, 4.69) is 27.3 Å². The largest absolute Gasteiger partial charge is 0.462 e.